The zero-order chi connectivity index (χ0) is 20.4. The SMILES string of the molecule is CC1CCCCC1NC(=O)CN1C(=O)COc2ccc(C(=O)c3cccs3)cc21. The van der Waals surface area contributed by atoms with Crippen molar-refractivity contribution in [2.75, 3.05) is 18.1 Å². The summed E-state index contributed by atoms with van der Waals surface area (Å²) in [5.41, 5.74) is 0.936. The number of carbonyl (C=O) groups is 3. The topological polar surface area (TPSA) is 75.7 Å². The van der Waals surface area contributed by atoms with Gasteiger partial charge in [0.15, 0.2) is 6.61 Å². The van der Waals surface area contributed by atoms with Crippen LogP contribution in [0.3, 0.4) is 0 Å². The van der Waals surface area contributed by atoms with E-state index < -0.39 is 0 Å². The summed E-state index contributed by atoms with van der Waals surface area (Å²) in [4.78, 5) is 39.9. The third-order valence-corrected chi connectivity index (χ3v) is 6.54. The van der Waals surface area contributed by atoms with E-state index in [1.807, 2.05) is 11.4 Å². The first-order chi connectivity index (χ1) is 14.0. The number of thiophene rings is 1. The minimum atomic E-state index is -0.287. The van der Waals surface area contributed by atoms with E-state index in [0.29, 0.717) is 27.8 Å². The van der Waals surface area contributed by atoms with Crippen LogP contribution in [0.2, 0.25) is 0 Å². The molecule has 0 spiro atoms. The molecule has 1 aromatic carbocycles. The highest BCUT2D eigenvalue weighted by atomic mass is 32.1. The predicted molar refractivity (Wildman–Crippen MR) is 112 cm³/mol. The molecular weight excluding hydrogens is 388 g/mol. The fourth-order valence-electron chi connectivity index (χ4n) is 3.99. The van der Waals surface area contributed by atoms with Gasteiger partial charge in [-0.2, -0.15) is 0 Å². The van der Waals surface area contributed by atoms with Gasteiger partial charge < -0.3 is 10.1 Å². The molecule has 1 N–H and O–H groups in total. The number of nitrogens with zero attached hydrogens (tertiary/aromatic N) is 1. The average Bonchev–Trinajstić information content (AvgIpc) is 3.26. The Balaban J connectivity index is 1.53. The molecule has 7 heteroatoms. The van der Waals surface area contributed by atoms with E-state index in [9.17, 15) is 14.4 Å². The molecule has 0 bridgehead atoms. The number of benzene rings is 1. The summed E-state index contributed by atoms with van der Waals surface area (Å²) in [5.74, 6) is 0.368. The maximum Gasteiger partial charge on any atom is 0.265 e. The van der Waals surface area contributed by atoms with Gasteiger partial charge in [-0.15, -0.1) is 11.3 Å². The Morgan fingerprint density at radius 1 is 1.24 bits per heavy atom. The lowest BCUT2D eigenvalue weighted by atomic mass is 9.86. The van der Waals surface area contributed by atoms with Gasteiger partial charge >= 0.3 is 0 Å². The van der Waals surface area contributed by atoms with Crippen LogP contribution in [0.5, 0.6) is 5.75 Å². The first-order valence-electron chi connectivity index (χ1n) is 9.97. The zero-order valence-electron chi connectivity index (χ0n) is 16.3. The van der Waals surface area contributed by atoms with Gasteiger partial charge in [0.05, 0.1) is 10.6 Å². The molecule has 2 unspecified atom stereocenters. The maximum absolute atomic E-state index is 12.7. The second-order valence-electron chi connectivity index (χ2n) is 7.69. The first-order valence-corrected chi connectivity index (χ1v) is 10.9. The van der Waals surface area contributed by atoms with Crippen LogP contribution in [0.15, 0.2) is 35.7 Å². The number of rotatable bonds is 5. The Morgan fingerprint density at radius 2 is 2.07 bits per heavy atom. The third kappa shape index (κ3) is 4.19. The van der Waals surface area contributed by atoms with Crippen LogP contribution < -0.4 is 15.0 Å². The molecule has 4 rings (SSSR count). The van der Waals surface area contributed by atoms with Gasteiger partial charge in [-0.05, 0) is 48.4 Å². The highest BCUT2D eigenvalue weighted by Crippen LogP contribution is 2.34. The molecule has 1 saturated carbocycles. The molecule has 29 heavy (non-hydrogen) atoms. The lowest BCUT2D eigenvalue weighted by Crippen LogP contribution is -2.49. The second kappa shape index (κ2) is 8.37. The molecule has 2 atom stereocenters. The minimum Gasteiger partial charge on any atom is -0.482 e. The Bertz CT molecular complexity index is 925. The van der Waals surface area contributed by atoms with Crippen molar-refractivity contribution < 1.29 is 19.1 Å². The Morgan fingerprint density at radius 3 is 2.83 bits per heavy atom. The third-order valence-electron chi connectivity index (χ3n) is 5.67. The molecule has 2 heterocycles. The van der Waals surface area contributed by atoms with Crippen molar-refractivity contribution in [2.24, 2.45) is 5.92 Å². The van der Waals surface area contributed by atoms with Gasteiger partial charge in [-0.1, -0.05) is 25.8 Å². The van der Waals surface area contributed by atoms with Crippen LogP contribution in [-0.4, -0.2) is 36.8 Å². The normalized spacial score (nSPS) is 21.3. The number of anilines is 1. The van der Waals surface area contributed by atoms with Crippen molar-refractivity contribution in [3.8, 4) is 5.75 Å². The van der Waals surface area contributed by atoms with Gasteiger partial charge in [-0.3, -0.25) is 19.3 Å². The molecule has 1 aromatic heterocycles. The Hall–Kier alpha value is -2.67. The number of carbonyl (C=O) groups excluding carboxylic acids is 3. The number of ether oxygens (including phenoxy) is 1. The fourth-order valence-corrected chi connectivity index (χ4v) is 4.68. The van der Waals surface area contributed by atoms with Crippen molar-refractivity contribution in [3.05, 3.63) is 46.2 Å². The lowest BCUT2D eigenvalue weighted by molar-refractivity contribution is -0.126. The molecule has 2 aromatic rings. The number of hydrogen-bond acceptors (Lipinski definition) is 5. The van der Waals surface area contributed by atoms with Crippen molar-refractivity contribution in [3.63, 3.8) is 0 Å². The molecule has 2 amide bonds. The van der Waals surface area contributed by atoms with Crippen molar-refractivity contribution in [1.82, 2.24) is 5.32 Å². The number of ketones is 1. The van der Waals surface area contributed by atoms with Crippen molar-refractivity contribution in [1.29, 1.82) is 0 Å². The second-order valence-corrected chi connectivity index (χ2v) is 8.64. The fraction of sp³-hybridized carbons (Fsp3) is 0.409. The minimum absolute atomic E-state index is 0.0743. The number of fused-ring (bicyclic) bond motifs is 1. The summed E-state index contributed by atoms with van der Waals surface area (Å²) >= 11 is 1.37. The lowest BCUT2D eigenvalue weighted by Gasteiger charge is -2.32. The van der Waals surface area contributed by atoms with Crippen LogP contribution >= 0.6 is 11.3 Å². The monoisotopic (exact) mass is 412 g/mol. The van der Waals surface area contributed by atoms with Crippen molar-refractivity contribution in [2.45, 2.75) is 38.6 Å². The largest absolute Gasteiger partial charge is 0.482 e. The predicted octanol–water partition coefficient (Wildman–Crippen LogP) is 3.40. The number of hydrogen-bond donors (Lipinski definition) is 1. The summed E-state index contributed by atoms with van der Waals surface area (Å²) in [6.07, 6.45) is 4.39. The van der Waals surface area contributed by atoms with Gasteiger partial charge in [0.2, 0.25) is 11.7 Å². The molecule has 1 aliphatic heterocycles. The van der Waals surface area contributed by atoms with E-state index in [1.54, 1.807) is 24.3 Å². The molecule has 152 valence electrons. The highest BCUT2D eigenvalue weighted by molar-refractivity contribution is 7.12. The molecule has 1 aliphatic carbocycles. The molecule has 2 aliphatic rings. The van der Waals surface area contributed by atoms with E-state index >= 15 is 0 Å². The Labute approximate surface area is 173 Å². The van der Waals surface area contributed by atoms with E-state index in [1.165, 1.54) is 22.7 Å². The van der Waals surface area contributed by atoms with Gasteiger partial charge in [0, 0.05) is 11.6 Å². The number of nitrogens with one attached hydrogen (secondary N) is 1. The standard InChI is InChI=1S/C22H24N2O4S/c1-14-5-2-3-6-16(14)23-20(25)12-24-17-11-15(22(27)19-7-4-10-29-19)8-9-18(17)28-13-21(24)26/h4,7-11,14,16H,2-3,5-6,12-13H2,1H3,(H,23,25). The highest BCUT2D eigenvalue weighted by Gasteiger charge is 2.30. The van der Waals surface area contributed by atoms with E-state index in [0.717, 1.165) is 19.3 Å². The van der Waals surface area contributed by atoms with Crippen LogP contribution in [0.4, 0.5) is 5.69 Å². The quantitative estimate of drug-likeness (QED) is 0.764. The zero-order valence-corrected chi connectivity index (χ0v) is 17.2. The molecular formula is C22H24N2O4S. The molecule has 0 saturated heterocycles. The molecule has 1 fully saturated rings. The van der Waals surface area contributed by atoms with E-state index in [2.05, 4.69) is 12.2 Å². The summed E-state index contributed by atoms with van der Waals surface area (Å²) in [7, 11) is 0. The van der Waals surface area contributed by atoms with Gasteiger partial charge in [0.1, 0.15) is 12.3 Å². The summed E-state index contributed by atoms with van der Waals surface area (Å²) < 4.78 is 5.51. The van der Waals surface area contributed by atoms with Gasteiger partial charge in [-0.25, -0.2) is 0 Å². The summed E-state index contributed by atoms with van der Waals surface area (Å²) in [6.45, 7) is 1.97. The summed E-state index contributed by atoms with van der Waals surface area (Å²) in [5, 5.41) is 4.94. The van der Waals surface area contributed by atoms with E-state index in [-0.39, 0.29) is 36.8 Å². The van der Waals surface area contributed by atoms with Crippen LogP contribution in [0.1, 0.15) is 47.8 Å². The maximum atomic E-state index is 12.7. The van der Waals surface area contributed by atoms with Crippen LogP contribution in [-0.2, 0) is 9.59 Å². The van der Waals surface area contributed by atoms with Crippen molar-refractivity contribution >= 4 is 34.6 Å². The Kier molecular flexibility index (Phi) is 5.67. The molecule has 0 radical (unpaired) electrons. The van der Waals surface area contributed by atoms with E-state index in [4.69, 9.17) is 4.74 Å². The van der Waals surface area contributed by atoms with Crippen LogP contribution in [0, 0.1) is 5.92 Å². The average molecular weight is 413 g/mol. The number of amides is 2. The first kappa shape index (κ1) is 19.6. The van der Waals surface area contributed by atoms with Gasteiger partial charge in [0.25, 0.3) is 5.91 Å². The smallest absolute Gasteiger partial charge is 0.265 e. The summed E-state index contributed by atoms with van der Waals surface area (Å²) in [6, 6.07) is 8.77. The molecule has 6 nitrogen and oxygen atoms in total. The van der Waals surface area contributed by atoms with Crippen LogP contribution in [0.25, 0.3) is 0 Å².